The number of hydrogen-bond donors (Lipinski definition) is 1. The molecule has 1 aromatic carbocycles. The first kappa shape index (κ1) is 14.2. The summed E-state index contributed by atoms with van der Waals surface area (Å²) in [7, 11) is 1.57. The molecule has 0 bridgehead atoms. The van der Waals surface area contributed by atoms with E-state index in [9.17, 15) is 9.18 Å². The molecular weight excluding hydrogens is 273 g/mol. The Hall–Kier alpha value is -1.17. The number of carbonyl (C=O) groups is 1. The Labute approximate surface area is 115 Å². The summed E-state index contributed by atoms with van der Waals surface area (Å²) in [5.74, 6) is -1.11. The predicted molar refractivity (Wildman–Crippen MR) is 68.9 cm³/mol. The van der Waals surface area contributed by atoms with Crippen LogP contribution in [-0.4, -0.2) is 38.4 Å². The van der Waals surface area contributed by atoms with Gasteiger partial charge in [-0.15, -0.1) is 0 Å². The Bertz CT molecular complexity index is 475. The molecule has 1 saturated heterocycles. The van der Waals surface area contributed by atoms with E-state index >= 15 is 0 Å². The summed E-state index contributed by atoms with van der Waals surface area (Å²) >= 11 is 5.75. The SMILES string of the molecule is COC1(CNC(=O)c2cc(Cl)ccc2F)CCOC1. The van der Waals surface area contributed by atoms with Crippen LogP contribution in [0.15, 0.2) is 18.2 Å². The summed E-state index contributed by atoms with van der Waals surface area (Å²) in [5.41, 5.74) is -0.595. The lowest BCUT2D eigenvalue weighted by Gasteiger charge is -2.25. The fourth-order valence-corrected chi connectivity index (χ4v) is 2.14. The van der Waals surface area contributed by atoms with E-state index in [1.807, 2.05) is 0 Å². The molecule has 0 radical (unpaired) electrons. The van der Waals surface area contributed by atoms with Crippen molar-refractivity contribution < 1.29 is 18.7 Å². The van der Waals surface area contributed by atoms with Crippen molar-refractivity contribution in [3.8, 4) is 0 Å². The van der Waals surface area contributed by atoms with E-state index in [4.69, 9.17) is 21.1 Å². The van der Waals surface area contributed by atoms with E-state index in [1.54, 1.807) is 7.11 Å². The van der Waals surface area contributed by atoms with Crippen molar-refractivity contribution in [1.29, 1.82) is 0 Å². The van der Waals surface area contributed by atoms with Gasteiger partial charge in [0.2, 0.25) is 0 Å². The number of nitrogens with one attached hydrogen (secondary N) is 1. The number of ether oxygens (including phenoxy) is 2. The van der Waals surface area contributed by atoms with E-state index in [1.165, 1.54) is 18.2 Å². The standard InChI is InChI=1S/C13H15ClFNO3/c1-18-13(4-5-19-8-13)7-16-12(17)10-6-9(14)2-3-11(10)15/h2-3,6H,4-5,7-8H2,1H3,(H,16,17). The lowest BCUT2D eigenvalue weighted by molar-refractivity contribution is -0.0149. The zero-order valence-corrected chi connectivity index (χ0v) is 11.3. The van der Waals surface area contributed by atoms with Crippen LogP contribution < -0.4 is 5.32 Å². The molecule has 0 aliphatic carbocycles. The van der Waals surface area contributed by atoms with Crippen molar-refractivity contribution in [2.75, 3.05) is 26.9 Å². The summed E-state index contributed by atoms with van der Waals surface area (Å²) in [6.45, 7) is 1.28. The maximum atomic E-state index is 13.5. The summed E-state index contributed by atoms with van der Waals surface area (Å²) < 4.78 is 24.2. The number of rotatable bonds is 4. The molecule has 104 valence electrons. The van der Waals surface area contributed by atoms with Crippen molar-refractivity contribution in [1.82, 2.24) is 5.32 Å². The first-order chi connectivity index (χ1) is 9.06. The molecule has 2 rings (SSSR count). The highest BCUT2D eigenvalue weighted by molar-refractivity contribution is 6.30. The quantitative estimate of drug-likeness (QED) is 0.921. The van der Waals surface area contributed by atoms with Crippen LogP contribution >= 0.6 is 11.6 Å². The Morgan fingerprint density at radius 3 is 3.05 bits per heavy atom. The molecule has 0 spiro atoms. The maximum Gasteiger partial charge on any atom is 0.254 e. The molecule has 0 aromatic heterocycles. The van der Waals surface area contributed by atoms with Gasteiger partial charge in [0.1, 0.15) is 11.4 Å². The van der Waals surface area contributed by atoms with Gasteiger partial charge < -0.3 is 14.8 Å². The van der Waals surface area contributed by atoms with Crippen LogP contribution in [0.4, 0.5) is 4.39 Å². The van der Waals surface area contributed by atoms with Gasteiger partial charge in [-0.2, -0.15) is 0 Å². The number of methoxy groups -OCH3 is 1. The predicted octanol–water partition coefficient (Wildman–Crippen LogP) is 2.01. The molecule has 1 N–H and O–H groups in total. The molecular formula is C13H15ClFNO3. The van der Waals surface area contributed by atoms with Gasteiger partial charge in [-0.3, -0.25) is 4.79 Å². The van der Waals surface area contributed by atoms with Gasteiger partial charge in [-0.05, 0) is 18.2 Å². The van der Waals surface area contributed by atoms with Gasteiger partial charge in [0.05, 0.1) is 12.2 Å². The van der Waals surface area contributed by atoms with Gasteiger partial charge >= 0.3 is 0 Å². The fourth-order valence-electron chi connectivity index (χ4n) is 1.97. The van der Waals surface area contributed by atoms with Crippen molar-refractivity contribution in [2.45, 2.75) is 12.0 Å². The Morgan fingerprint density at radius 2 is 2.42 bits per heavy atom. The molecule has 1 aliphatic rings. The summed E-state index contributed by atoms with van der Waals surface area (Å²) in [6.07, 6.45) is 0.696. The highest BCUT2D eigenvalue weighted by Gasteiger charge is 2.35. The second-order valence-corrected chi connectivity index (χ2v) is 4.93. The summed E-state index contributed by atoms with van der Waals surface area (Å²) in [5, 5.41) is 2.97. The Balaban J connectivity index is 2.03. The molecule has 19 heavy (non-hydrogen) atoms. The zero-order valence-electron chi connectivity index (χ0n) is 10.5. The largest absolute Gasteiger partial charge is 0.378 e. The van der Waals surface area contributed by atoms with Crippen LogP contribution in [0.5, 0.6) is 0 Å². The van der Waals surface area contributed by atoms with E-state index in [-0.39, 0.29) is 12.1 Å². The number of benzene rings is 1. The average molecular weight is 288 g/mol. The molecule has 1 amide bonds. The number of hydrogen-bond acceptors (Lipinski definition) is 3. The third-order valence-corrected chi connectivity index (χ3v) is 3.48. The topological polar surface area (TPSA) is 47.6 Å². The minimum absolute atomic E-state index is 0.0716. The van der Waals surface area contributed by atoms with Crippen molar-refractivity contribution in [2.24, 2.45) is 0 Å². The molecule has 6 heteroatoms. The summed E-state index contributed by atoms with van der Waals surface area (Å²) in [4.78, 5) is 11.9. The van der Waals surface area contributed by atoms with Crippen LogP contribution in [0, 0.1) is 5.82 Å². The van der Waals surface area contributed by atoms with Gasteiger partial charge in [0.15, 0.2) is 0 Å². The third-order valence-electron chi connectivity index (χ3n) is 3.24. The van der Waals surface area contributed by atoms with Crippen LogP contribution in [0.1, 0.15) is 16.8 Å². The van der Waals surface area contributed by atoms with Crippen LogP contribution in [-0.2, 0) is 9.47 Å². The maximum absolute atomic E-state index is 13.5. The lowest BCUT2D eigenvalue weighted by Crippen LogP contribution is -2.45. The molecule has 1 fully saturated rings. The molecule has 1 heterocycles. The van der Waals surface area contributed by atoms with Crippen LogP contribution in [0.25, 0.3) is 0 Å². The fraction of sp³-hybridized carbons (Fsp3) is 0.462. The first-order valence-electron chi connectivity index (χ1n) is 5.92. The Kier molecular flexibility index (Phi) is 4.39. The number of carbonyl (C=O) groups excluding carboxylic acids is 1. The van der Waals surface area contributed by atoms with Gasteiger partial charge in [-0.25, -0.2) is 4.39 Å². The normalized spacial score (nSPS) is 22.5. The second-order valence-electron chi connectivity index (χ2n) is 4.50. The molecule has 1 aromatic rings. The molecule has 0 saturated carbocycles. The molecule has 1 unspecified atom stereocenters. The first-order valence-corrected chi connectivity index (χ1v) is 6.30. The van der Waals surface area contributed by atoms with Crippen molar-refractivity contribution in [3.05, 3.63) is 34.6 Å². The van der Waals surface area contributed by atoms with Crippen LogP contribution in [0.3, 0.4) is 0 Å². The van der Waals surface area contributed by atoms with E-state index < -0.39 is 17.3 Å². The molecule has 1 atom stereocenters. The van der Waals surface area contributed by atoms with Gasteiger partial charge in [-0.1, -0.05) is 11.6 Å². The van der Waals surface area contributed by atoms with E-state index in [2.05, 4.69) is 5.32 Å². The van der Waals surface area contributed by atoms with E-state index in [0.29, 0.717) is 24.7 Å². The van der Waals surface area contributed by atoms with Crippen molar-refractivity contribution in [3.63, 3.8) is 0 Å². The lowest BCUT2D eigenvalue weighted by atomic mass is 10.0. The molecule has 4 nitrogen and oxygen atoms in total. The van der Waals surface area contributed by atoms with E-state index in [0.717, 1.165) is 0 Å². The third kappa shape index (κ3) is 3.23. The number of halogens is 2. The smallest absolute Gasteiger partial charge is 0.254 e. The Morgan fingerprint density at radius 1 is 1.63 bits per heavy atom. The summed E-state index contributed by atoms with van der Waals surface area (Å²) in [6, 6.07) is 3.87. The van der Waals surface area contributed by atoms with Crippen LogP contribution in [0.2, 0.25) is 5.02 Å². The molecule has 1 aliphatic heterocycles. The van der Waals surface area contributed by atoms with Gasteiger partial charge in [0, 0.05) is 31.7 Å². The monoisotopic (exact) mass is 287 g/mol. The highest BCUT2D eigenvalue weighted by Crippen LogP contribution is 2.22. The number of amides is 1. The van der Waals surface area contributed by atoms with Crippen molar-refractivity contribution >= 4 is 17.5 Å². The zero-order chi connectivity index (χ0) is 13.9. The minimum Gasteiger partial charge on any atom is -0.378 e. The highest BCUT2D eigenvalue weighted by atomic mass is 35.5. The average Bonchev–Trinajstić information content (AvgIpc) is 2.88. The van der Waals surface area contributed by atoms with Gasteiger partial charge in [0.25, 0.3) is 5.91 Å². The minimum atomic E-state index is -0.601. The second kappa shape index (κ2) is 5.86.